The van der Waals surface area contributed by atoms with Crippen LogP contribution in [0.25, 0.3) is 0 Å². The minimum atomic E-state index is 0.788. The van der Waals surface area contributed by atoms with Crippen LogP contribution in [0.3, 0.4) is 0 Å². The standard InChI is InChI=1S/C11H20N2O/c1-10(8-12-11-2-3-11)9-13-4-6-14-7-5-13/h11-12H,1-9H2. The summed E-state index contributed by atoms with van der Waals surface area (Å²) in [6.45, 7) is 10.00. The molecule has 1 aliphatic heterocycles. The monoisotopic (exact) mass is 196 g/mol. The van der Waals surface area contributed by atoms with Crippen molar-refractivity contribution >= 4 is 0 Å². The van der Waals surface area contributed by atoms with Crippen LogP contribution in [0.1, 0.15) is 12.8 Å². The summed E-state index contributed by atoms with van der Waals surface area (Å²) in [4.78, 5) is 2.42. The Bertz CT molecular complexity index is 195. The molecule has 0 bridgehead atoms. The average molecular weight is 196 g/mol. The normalized spacial score (nSPS) is 23.7. The summed E-state index contributed by atoms with van der Waals surface area (Å²) < 4.78 is 5.30. The maximum atomic E-state index is 5.30. The van der Waals surface area contributed by atoms with Crippen molar-refractivity contribution in [2.24, 2.45) is 0 Å². The van der Waals surface area contributed by atoms with Gasteiger partial charge in [-0.25, -0.2) is 0 Å². The molecule has 2 aliphatic rings. The molecule has 14 heavy (non-hydrogen) atoms. The number of hydrogen-bond donors (Lipinski definition) is 1. The third kappa shape index (κ3) is 3.40. The fourth-order valence-electron chi connectivity index (χ4n) is 1.71. The highest BCUT2D eigenvalue weighted by Crippen LogP contribution is 2.18. The van der Waals surface area contributed by atoms with Gasteiger partial charge in [-0.1, -0.05) is 6.58 Å². The van der Waals surface area contributed by atoms with Crippen molar-refractivity contribution in [2.75, 3.05) is 39.4 Å². The zero-order valence-corrected chi connectivity index (χ0v) is 8.80. The smallest absolute Gasteiger partial charge is 0.0594 e. The summed E-state index contributed by atoms with van der Waals surface area (Å²) in [7, 11) is 0. The highest BCUT2D eigenvalue weighted by molar-refractivity contribution is 5.01. The summed E-state index contributed by atoms with van der Waals surface area (Å²) in [5.41, 5.74) is 1.30. The second-order valence-electron chi connectivity index (χ2n) is 4.29. The van der Waals surface area contributed by atoms with Gasteiger partial charge in [0.25, 0.3) is 0 Å². The summed E-state index contributed by atoms with van der Waals surface area (Å²) >= 11 is 0. The summed E-state index contributed by atoms with van der Waals surface area (Å²) in [5.74, 6) is 0. The van der Waals surface area contributed by atoms with Gasteiger partial charge in [0.15, 0.2) is 0 Å². The van der Waals surface area contributed by atoms with Gasteiger partial charge >= 0.3 is 0 Å². The molecule has 2 rings (SSSR count). The molecule has 3 nitrogen and oxygen atoms in total. The van der Waals surface area contributed by atoms with Crippen LogP contribution in [0, 0.1) is 0 Å². The molecule has 0 aromatic heterocycles. The van der Waals surface area contributed by atoms with E-state index in [-0.39, 0.29) is 0 Å². The maximum absolute atomic E-state index is 5.30. The number of nitrogens with one attached hydrogen (secondary N) is 1. The molecule has 80 valence electrons. The minimum absolute atomic E-state index is 0.788. The van der Waals surface area contributed by atoms with Crippen molar-refractivity contribution in [3.05, 3.63) is 12.2 Å². The Kier molecular flexibility index (Phi) is 3.56. The second-order valence-corrected chi connectivity index (χ2v) is 4.29. The molecule has 0 spiro atoms. The first-order valence-electron chi connectivity index (χ1n) is 5.55. The van der Waals surface area contributed by atoms with Crippen molar-refractivity contribution in [3.63, 3.8) is 0 Å². The Labute approximate surface area is 86.1 Å². The van der Waals surface area contributed by atoms with Gasteiger partial charge in [-0.15, -0.1) is 0 Å². The molecule has 0 radical (unpaired) electrons. The molecule has 1 aliphatic carbocycles. The largest absolute Gasteiger partial charge is 0.379 e. The Morgan fingerprint density at radius 3 is 2.71 bits per heavy atom. The first kappa shape index (κ1) is 10.1. The van der Waals surface area contributed by atoms with E-state index in [4.69, 9.17) is 4.74 Å². The molecule has 0 aromatic carbocycles. The Balaban J connectivity index is 1.59. The predicted molar refractivity (Wildman–Crippen MR) is 57.4 cm³/mol. The lowest BCUT2D eigenvalue weighted by Crippen LogP contribution is -2.38. The first-order valence-corrected chi connectivity index (χ1v) is 5.55. The number of ether oxygens (including phenoxy) is 1. The lowest BCUT2D eigenvalue weighted by molar-refractivity contribution is 0.0421. The van der Waals surface area contributed by atoms with Crippen LogP contribution in [-0.4, -0.2) is 50.3 Å². The molecule has 0 unspecified atom stereocenters. The summed E-state index contributed by atoms with van der Waals surface area (Å²) in [6.07, 6.45) is 2.70. The molecule has 0 aromatic rings. The topological polar surface area (TPSA) is 24.5 Å². The zero-order valence-electron chi connectivity index (χ0n) is 8.80. The van der Waals surface area contributed by atoms with E-state index < -0.39 is 0 Å². The van der Waals surface area contributed by atoms with Crippen LogP contribution in [0.5, 0.6) is 0 Å². The van der Waals surface area contributed by atoms with E-state index in [1.807, 2.05) is 0 Å². The molecular weight excluding hydrogens is 176 g/mol. The van der Waals surface area contributed by atoms with Crippen LogP contribution in [0.4, 0.5) is 0 Å². The lowest BCUT2D eigenvalue weighted by Gasteiger charge is -2.27. The van der Waals surface area contributed by atoms with Crippen molar-refractivity contribution in [2.45, 2.75) is 18.9 Å². The third-order valence-electron chi connectivity index (χ3n) is 2.77. The molecular formula is C11H20N2O. The van der Waals surface area contributed by atoms with Gasteiger partial charge in [-0.3, -0.25) is 4.90 Å². The molecule has 1 N–H and O–H groups in total. The van der Waals surface area contributed by atoms with E-state index in [0.717, 1.165) is 45.4 Å². The van der Waals surface area contributed by atoms with E-state index in [0.29, 0.717) is 0 Å². The van der Waals surface area contributed by atoms with E-state index in [1.165, 1.54) is 18.4 Å². The fourth-order valence-corrected chi connectivity index (χ4v) is 1.71. The van der Waals surface area contributed by atoms with Gasteiger partial charge in [0.05, 0.1) is 13.2 Å². The van der Waals surface area contributed by atoms with Crippen molar-refractivity contribution < 1.29 is 4.74 Å². The molecule has 1 saturated heterocycles. The van der Waals surface area contributed by atoms with E-state index in [9.17, 15) is 0 Å². The molecule has 1 heterocycles. The van der Waals surface area contributed by atoms with Gasteiger partial charge in [0.2, 0.25) is 0 Å². The number of hydrogen-bond acceptors (Lipinski definition) is 3. The van der Waals surface area contributed by atoms with Gasteiger partial charge in [0.1, 0.15) is 0 Å². The van der Waals surface area contributed by atoms with Gasteiger partial charge in [-0.2, -0.15) is 0 Å². The molecule has 0 atom stereocenters. The highest BCUT2D eigenvalue weighted by atomic mass is 16.5. The molecule has 2 fully saturated rings. The van der Waals surface area contributed by atoms with Gasteiger partial charge < -0.3 is 10.1 Å². The fraction of sp³-hybridized carbons (Fsp3) is 0.818. The van der Waals surface area contributed by atoms with Crippen molar-refractivity contribution in [1.29, 1.82) is 0 Å². The Morgan fingerprint density at radius 1 is 1.36 bits per heavy atom. The predicted octanol–water partition coefficient (Wildman–Crippen LogP) is 0.627. The average Bonchev–Trinajstić information content (AvgIpc) is 3.00. The zero-order chi connectivity index (χ0) is 9.80. The first-order chi connectivity index (χ1) is 6.84. The number of rotatable bonds is 5. The van der Waals surface area contributed by atoms with E-state index in [1.54, 1.807) is 0 Å². The molecule has 0 amide bonds. The second kappa shape index (κ2) is 4.91. The lowest BCUT2D eigenvalue weighted by atomic mass is 10.2. The summed E-state index contributed by atoms with van der Waals surface area (Å²) in [6, 6.07) is 0.788. The van der Waals surface area contributed by atoms with E-state index in [2.05, 4.69) is 16.8 Å². The molecule has 1 saturated carbocycles. The number of morpholine rings is 1. The van der Waals surface area contributed by atoms with Crippen LogP contribution in [0.15, 0.2) is 12.2 Å². The minimum Gasteiger partial charge on any atom is -0.379 e. The SMILES string of the molecule is C=C(CNC1CC1)CN1CCOCC1. The number of nitrogens with zero attached hydrogens (tertiary/aromatic N) is 1. The van der Waals surface area contributed by atoms with Crippen LogP contribution >= 0.6 is 0 Å². The quantitative estimate of drug-likeness (QED) is 0.653. The van der Waals surface area contributed by atoms with E-state index >= 15 is 0 Å². The Morgan fingerprint density at radius 2 is 2.07 bits per heavy atom. The highest BCUT2D eigenvalue weighted by Gasteiger charge is 2.20. The van der Waals surface area contributed by atoms with Crippen molar-refractivity contribution in [3.8, 4) is 0 Å². The van der Waals surface area contributed by atoms with Gasteiger partial charge in [-0.05, 0) is 18.4 Å². The van der Waals surface area contributed by atoms with Gasteiger partial charge in [0, 0.05) is 32.2 Å². The Hall–Kier alpha value is -0.380. The van der Waals surface area contributed by atoms with Crippen LogP contribution in [-0.2, 0) is 4.74 Å². The summed E-state index contributed by atoms with van der Waals surface area (Å²) in [5, 5.41) is 3.49. The van der Waals surface area contributed by atoms with Crippen LogP contribution in [0.2, 0.25) is 0 Å². The third-order valence-corrected chi connectivity index (χ3v) is 2.77. The maximum Gasteiger partial charge on any atom is 0.0594 e. The van der Waals surface area contributed by atoms with Crippen LogP contribution < -0.4 is 5.32 Å². The van der Waals surface area contributed by atoms with Crippen molar-refractivity contribution in [1.82, 2.24) is 10.2 Å². The molecule has 3 heteroatoms.